The zero-order chi connectivity index (χ0) is 14.0. The van der Waals surface area contributed by atoms with Crippen molar-refractivity contribution in [2.45, 2.75) is 31.3 Å². The number of nitrogen functional groups attached to an aromatic ring is 1. The van der Waals surface area contributed by atoms with E-state index >= 15 is 0 Å². The summed E-state index contributed by atoms with van der Waals surface area (Å²) in [6, 6.07) is 0. The molecule has 2 rings (SSSR count). The van der Waals surface area contributed by atoms with Crippen molar-refractivity contribution in [1.29, 1.82) is 0 Å². The highest BCUT2D eigenvalue weighted by Crippen LogP contribution is 2.27. The standard InChI is InChI=1S/C12H17N3O4/c1-2-3-7-5-15(12(18)14-11(7)13)10-4-8(17)9(6-16)19-10/h2,5,8-10,16-17H,1,3-4,6H2,(H2,13,14,18)/t8-,9+,10-/m1/s1. The maximum Gasteiger partial charge on any atom is 0.351 e. The van der Waals surface area contributed by atoms with E-state index in [1.165, 1.54) is 4.57 Å². The van der Waals surface area contributed by atoms with Gasteiger partial charge in [0.1, 0.15) is 18.1 Å². The van der Waals surface area contributed by atoms with Crippen LogP contribution in [0.1, 0.15) is 18.2 Å². The van der Waals surface area contributed by atoms with Crippen LogP contribution in [0.2, 0.25) is 0 Å². The average molecular weight is 267 g/mol. The summed E-state index contributed by atoms with van der Waals surface area (Å²) in [7, 11) is 0. The summed E-state index contributed by atoms with van der Waals surface area (Å²) in [6.45, 7) is 3.31. The SMILES string of the molecule is C=CCc1cn([C@H]2C[C@@H](O)[C@H](CO)O2)c(=O)nc1N. The molecule has 1 fully saturated rings. The summed E-state index contributed by atoms with van der Waals surface area (Å²) in [5, 5.41) is 18.7. The third-order valence-corrected chi connectivity index (χ3v) is 3.12. The highest BCUT2D eigenvalue weighted by atomic mass is 16.5. The third-order valence-electron chi connectivity index (χ3n) is 3.12. The van der Waals surface area contributed by atoms with Gasteiger partial charge in [-0.05, 0) is 6.42 Å². The van der Waals surface area contributed by atoms with E-state index < -0.39 is 24.1 Å². The summed E-state index contributed by atoms with van der Waals surface area (Å²) in [5.41, 5.74) is 5.78. The molecule has 1 saturated heterocycles. The third kappa shape index (κ3) is 2.67. The lowest BCUT2D eigenvalue weighted by Crippen LogP contribution is -2.29. The molecule has 1 aromatic heterocycles. The van der Waals surface area contributed by atoms with Crippen molar-refractivity contribution >= 4 is 5.82 Å². The zero-order valence-corrected chi connectivity index (χ0v) is 10.4. The van der Waals surface area contributed by atoms with Crippen molar-refractivity contribution in [3.63, 3.8) is 0 Å². The minimum absolute atomic E-state index is 0.165. The van der Waals surface area contributed by atoms with Crippen molar-refractivity contribution in [2.75, 3.05) is 12.3 Å². The Morgan fingerprint density at radius 1 is 1.68 bits per heavy atom. The molecule has 0 unspecified atom stereocenters. The van der Waals surface area contributed by atoms with E-state index in [4.69, 9.17) is 15.6 Å². The van der Waals surface area contributed by atoms with Gasteiger partial charge < -0.3 is 20.7 Å². The van der Waals surface area contributed by atoms with Crippen LogP contribution in [0, 0.1) is 0 Å². The lowest BCUT2D eigenvalue weighted by atomic mass is 10.2. The lowest BCUT2D eigenvalue weighted by molar-refractivity contribution is -0.0459. The summed E-state index contributed by atoms with van der Waals surface area (Å²) in [5.74, 6) is 0.165. The van der Waals surface area contributed by atoms with Crippen LogP contribution in [0.3, 0.4) is 0 Å². The minimum Gasteiger partial charge on any atom is -0.394 e. The van der Waals surface area contributed by atoms with Crippen LogP contribution in [-0.4, -0.2) is 38.6 Å². The Balaban J connectivity index is 2.32. The number of anilines is 1. The first-order chi connectivity index (χ1) is 9.06. The van der Waals surface area contributed by atoms with E-state index in [1.807, 2.05) is 0 Å². The Hall–Kier alpha value is -1.70. The molecule has 7 heteroatoms. The fourth-order valence-corrected chi connectivity index (χ4v) is 2.09. The number of ether oxygens (including phenoxy) is 1. The Kier molecular flexibility index (Phi) is 3.98. The number of aliphatic hydroxyl groups excluding tert-OH is 2. The van der Waals surface area contributed by atoms with Gasteiger partial charge in [0.25, 0.3) is 0 Å². The molecule has 1 aliphatic heterocycles. The van der Waals surface area contributed by atoms with Crippen LogP contribution in [0.25, 0.3) is 0 Å². The molecular weight excluding hydrogens is 250 g/mol. The molecule has 0 spiro atoms. The summed E-state index contributed by atoms with van der Waals surface area (Å²) in [4.78, 5) is 15.5. The molecule has 0 amide bonds. The summed E-state index contributed by atoms with van der Waals surface area (Å²) < 4.78 is 6.70. The van der Waals surface area contributed by atoms with E-state index in [-0.39, 0.29) is 18.8 Å². The number of rotatable bonds is 4. The highest BCUT2D eigenvalue weighted by molar-refractivity contribution is 5.38. The van der Waals surface area contributed by atoms with Gasteiger partial charge in [-0.1, -0.05) is 6.08 Å². The number of allylic oxidation sites excluding steroid dienone is 1. The van der Waals surface area contributed by atoms with Crippen LogP contribution in [0.5, 0.6) is 0 Å². The van der Waals surface area contributed by atoms with Gasteiger partial charge in [-0.25, -0.2) is 4.79 Å². The van der Waals surface area contributed by atoms with Crippen molar-refractivity contribution in [3.05, 3.63) is 34.9 Å². The quantitative estimate of drug-likeness (QED) is 0.616. The molecule has 3 atom stereocenters. The Morgan fingerprint density at radius 2 is 2.42 bits per heavy atom. The molecule has 19 heavy (non-hydrogen) atoms. The molecule has 7 nitrogen and oxygen atoms in total. The van der Waals surface area contributed by atoms with Gasteiger partial charge in [0.2, 0.25) is 0 Å². The van der Waals surface area contributed by atoms with Gasteiger partial charge in [-0.2, -0.15) is 4.98 Å². The maximum absolute atomic E-state index is 11.8. The van der Waals surface area contributed by atoms with Gasteiger partial charge in [0, 0.05) is 18.2 Å². The largest absolute Gasteiger partial charge is 0.394 e. The van der Waals surface area contributed by atoms with Crippen molar-refractivity contribution in [3.8, 4) is 0 Å². The fraction of sp³-hybridized carbons (Fsp3) is 0.500. The Morgan fingerprint density at radius 3 is 3.00 bits per heavy atom. The predicted molar refractivity (Wildman–Crippen MR) is 68.4 cm³/mol. The summed E-state index contributed by atoms with van der Waals surface area (Å²) in [6.07, 6.45) is 1.80. The first kappa shape index (κ1) is 13.7. The molecule has 0 aromatic carbocycles. The van der Waals surface area contributed by atoms with Gasteiger partial charge in [-0.3, -0.25) is 4.57 Å². The second-order valence-corrected chi connectivity index (χ2v) is 4.45. The van der Waals surface area contributed by atoms with Crippen LogP contribution in [0.4, 0.5) is 5.82 Å². The highest BCUT2D eigenvalue weighted by Gasteiger charge is 2.35. The molecule has 0 saturated carbocycles. The zero-order valence-electron chi connectivity index (χ0n) is 10.4. The number of hydrogen-bond donors (Lipinski definition) is 3. The topological polar surface area (TPSA) is 111 Å². The van der Waals surface area contributed by atoms with Crippen LogP contribution >= 0.6 is 0 Å². The Labute approximate surface area is 110 Å². The number of aliphatic hydroxyl groups is 2. The molecule has 0 radical (unpaired) electrons. The molecule has 1 aliphatic rings. The van der Waals surface area contributed by atoms with E-state index in [2.05, 4.69) is 11.6 Å². The number of nitrogens with zero attached hydrogens (tertiary/aromatic N) is 2. The van der Waals surface area contributed by atoms with E-state index in [0.29, 0.717) is 12.0 Å². The number of hydrogen-bond acceptors (Lipinski definition) is 6. The number of nitrogens with two attached hydrogens (primary N) is 1. The van der Waals surface area contributed by atoms with Crippen LogP contribution in [-0.2, 0) is 11.2 Å². The van der Waals surface area contributed by atoms with Crippen molar-refractivity contribution < 1.29 is 14.9 Å². The van der Waals surface area contributed by atoms with Gasteiger partial charge in [0.05, 0.1) is 12.7 Å². The lowest BCUT2D eigenvalue weighted by Gasteiger charge is -2.15. The smallest absolute Gasteiger partial charge is 0.351 e. The molecule has 1 aromatic rings. The summed E-state index contributed by atoms with van der Waals surface area (Å²) >= 11 is 0. The molecule has 0 aliphatic carbocycles. The van der Waals surface area contributed by atoms with Crippen LogP contribution < -0.4 is 11.4 Å². The van der Waals surface area contributed by atoms with Gasteiger partial charge in [0.15, 0.2) is 0 Å². The Bertz CT molecular complexity index is 528. The molecule has 0 bridgehead atoms. The van der Waals surface area contributed by atoms with Gasteiger partial charge >= 0.3 is 5.69 Å². The van der Waals surface area contributed by atoms with E-state index in [0.717, 1.165) is 0 Å². The van der Waals surface area contributed by atoms with Crippen molar-refractivity contribution in [2.24, 2.45) is 0 Å². The second kappa shape index (κ2) is 5.52. The first-order valence-electron chi connectivity index (χ1n) is 5.99. The first-order valence-corrected chi connectivity index (χ1v) is 5.99. The molecular formula is C12H17N3O4. The fourth-order valence-electron chi connectivity index (χ4n) is 2.09. The average Bonchev–Trinajstić information content (AvgIpc) is 2.74. The monoisotopic (exact) mass is 267 g/mol. The van der Waals surface area contributed by atoms with Crippen LogP contribution in [0.15, 0.2) is 23.6 Å². The number of aromatic nitrogens is 2. The van der Waals surface area contributed by atoms with Crippen molar-refractivity contribution in [1.82, 2.24) is 9.55 Å². The van der Waals surface area contributed by atoms with Gasteiger partial charge in [-0.15, -0.1) is 6.58 Å². The molecule has 104 valence electrons. The normalized spacial score (nSPS) is 26.5. The second-order valence-electron chi connectivity index (χ2n) is 4.45. The van der Waals surface area contributed by atoms with E-state index in [1.54, 1.807) is 12.3 Å². The van der Waals surface area contributed by atoms with E-state index in [9.17, 15) is 9.90 Å². The maximum atomic E-state index is 11.8. The molecule has 4 N–H and O–H groups in total. The minimum atomic E-state index is -0.803. The molecule has 2 heterocycles. The predicted octanol–water partition coefficient (Wildman–Crippen LogP) is -0.805.